The van der Waals surface area contributed by atoms with E-state index in [2.05, 4.69) is 17.4 Å². The highest BCUT2D eigenvalue weighted by atomic mass is 35.5. The topological polar surface area (TPSA) is 99.9 Å². The molecule has 0 unspecified atom stereocenters. The molecule has 1 aromatic heterocycles. The van der Waals surface area contributed by atoms with Gasteiger partial charge in [-0.05, 0) is 72.6 Å². The first-order valence-corrected chi connectivity index (χ1v) is 16.5. The quantitative estimate of drug-likeness (QED) is 0.251. The van der Waals surface area contributed by atoms with Crippen molar-refractivity contribution in [3.05, 3.63) is 117 Å². The minimum absolute atomic E-state index is 0.143. The number of hydrogen-bond acceptors (Lipinski definition) is 5. The third kappa shape index (κ3) is 7.34. The first-order valence-electron chi connectivity index (χ1n) is 16.1. The van der Waals surface area contributed by atoms with Gasteiger partial charge in [0.25, 0.3) is 5.91 Å². The molecule has 1 atom stereocenters. The van der Waals surface area contributed by atoms with Gasteiger partial charge in [0.2, 0.25) is 11.8 Å². The molecule has 3 amide bonds. The van der Waals surface area contributed by atoms with Crippen molar-refractivity contribution in [2.75, 3.05) is 19.6 Å². The van der Waals surface area contributed by atoms with Crippen LogP contribution in [0.1, 0.15) is 71.7 Å². The molecule has 1 N–H and O–H groups in total. The van der Waals surface area contributed by atoms with Crippen LogP contribution in [0, 0.1) is 0 Å². The number of fused-ring (bicyclic) bond motifs is 1. The highest BCUT2D eigenvalue weighted by Crippen LogP contribution is 2.32. The van der Waals surface area contributed by atoms with Gasteiger partial charge >= 0.3 is 0 Å². The molecule has 8 nitrogen and oxygen atoms in total. The second kappa shape index (κ2) is 14.3. The normalized spacial score (nSPS) is 16.7. The number of hydrogen-bond donors (Lipinski definition) is 1. The summed E-state index contributed by atoms with van der Waals surface area (Å²) in [6.07, 6.45) is 5.51. The lowest BCUT2D eigenvalue weighted by Crippen LogP contribution is -2.51. The number of amides is 3. The predicted octanol–water partition coefficient (Wildman–Crippen LogP) is 6.10. The van der Waals surface area contributed by atoms with Crippen molar-refractivity contribution >= 4 is 40.3 Å². The van der Waals surface area contributed by atoms with E-state index in [1.807, 2.05) is 34.1 Å². The molecule has 0 aliphatic carbocycles. The Kier molecular flexibility index (Phi) is 9.83. The van der Waals surface area contributed by atoms with Crippen LogP contribution in [0.4, 0.5) is 0 Å². The third-order valence-corrected chi connectivity index (χ3v) is 9.40. The number of nitrogens with zero attached hydrogens (tertiary/aromatic N) is 2. The molecule has 0 saturated carbocycles. The summed E-state index contributed by atoms with van der Waals surface area (Å²) >= 11 is 6.10. The minimum atomic E-state index is -0.872. The number of carbonyl (C=O) groups excluding carboxylic acids is 3. The van der Waals surface area contributed by atoms with Gasteiger partial charge in [-0.3, -0.25) is 19.2 Å². The molecule has 4 aromatic rings. The van der Waals surface area contributed by atoms with Gasteiger partial charge in [-0.2, -0.15) is 0 Å². The van der Waals surface area contributed by atoms with Gasteiger partial charge in [0.05, 0.1) is 5.39 Å². The van der Waals surface area contributed by atoms with E-state index in [0.29, 0.717) is 42.0 Å². The largest absolute Gasteiger partial charge is 0.451 e. The van der Waals surface area contributed by atoms with Crippen molar-refractivity contribution in [3.8, 4) is 0 Å². The third-order valence-electron chi connectivity index (χ3n) is 9.15. The Hall–Kier alpha value is -4.43. The standard InChI is InChI=1S/C37H38ClN3O5/c38-28-15-13-25(14-16-28)22-31(39-36(44)34-23-32(42)30-10-5-6-11-33(30)46-34)37(45)40-20-17-26(18-21-40)29-9-4-3-8-27(29)24-41-19-7-1-2-12-35(41)43/h3-6,8-11,13-16,23,26,31H,1-2,7,12,17-22,24H2,(H,39,44)/t31-/m1/s1. The van der Waals surface area contributed by atoms with E-state index in [1.54, 1.807) is 36.4 Å². The van der Waals surface area contributed by atoms with Crippen LogP contribution >= 0.6 is 11.6 Å². The van der Waals surface area contributed by atoms with Gasteiger partial charge in [0, 0.05) is 50.1 Å². The van der Waals surface area contributed by atoms with Crippen molar-refractivity contribution in [2.24, 2.45) is 0 Å². The van der Waals surface area contributed by atoms with E-state index in [4.69, 9.17) is 16.0 Å². The molecular weight excluding hydrogens is 602 g/mol. The fourth-order valence-electron chi connectivity index (χ4n) is 6.62. The van der Waals surface area contributed by atoms with Gasteiger partial charge in [-0.15, -0.1) is 0 Å². The molecule has 6 rings (SSSR count). The smallest absolute Gasteiger partial charge is 0.287 e. The summed E-state index contributed by atoms with van der Waals surface area (Å²) in [5, 5.41) is 3.82. The zero-order valence-electron chi connectivity index (χ0n) is 25.8. The second-order valence-corrected chi connectivity index (χ2v) is 12.7. The van der Waals surface area contributed by atoms with Gasteiger partial charge in [-0.25, -0.2) is 0 Å². The number of para-hydroxylation sites is 1. The Morgan fingerprint density at radius 3 is 2.43 bits per heavy atom. The molecule has 46 heavy (non-hydrogen) atoms. The monoisotopic (exact) mass is 639 g/mol. The van der Waals surface area contributed by atoms with E-state index in [1.165, 1.54) is 17.2 Å². The van der Waals surface area contributed by atoms with Crippen molar-refractivity contribution in [3.63, 3.8) is 0 Å². The van der Waals surface area contributed by atoms with Gasteiger partial charge in [0.15, 0.2) is 11.2 Å². The van der Waals surface area contributed by atoms with Crippen molar-refractivity contribution in [1.82, 2.24) is 15.1 Å². The van der Waals surface area contributed by atoms with E-state index >= 15 is 0 Å². The molecule has 3 aromatic carbocycles. The molecular formula is C37H38ClN3O5. The van der Waals surface area contributed by atoms with Crippen LogP contribution in [0.3, 0.4) is 0 Å². The zero-order valence-corrected chi connectivity index (χ0v) is 26.5. The maximum atomic E-state index is 14.0. The Morgan fingerprint density at radius 1 is 0.891 bits per heavy atom. The molecule has 238 valence electrons. The first kappa shape index (κ1) is 31.5. The summed E-state index contributed by atoms with van der Waals surface area (Å²) in [4.78, 5) is 56.6. The molecule has 0 spiro atoms. The Balaban J connectivity index is 1.17. The van der Waals surface area contributed by atoms with Crippen molar-refractivity contribution < 1.29 is 18.8 Å². The number of likely N-dealkylation sites (tertiary alicyclic amines) is 2. The summed E-state index contributed by atoms with van der Waals surface area (Å²) in [5.74, 6) is -0.464. The number of carbonyl (C=O) groups is 3. The Labute approximate surface area is 273 Å². The molecule has 2 aliphatic rings. The molecule has 3 heterocycles. The highest BCUT2D eigenvalue weighted by molar-refractivity contribution is 6.30. The summed E-state index contributed by atoms with van der Waals surface area (Å²) in [5.41, 5.74) is 3.24. The number of rotatable bonds is 8. The molecule has 0 radical (unpaired) electrons. The molecule has 2 fully saturated rings. The summed E-state index contributed by atoms with van der Waals surface area (Å²) in [6, 6.07) is 22.6. The van der Waals surface area contributed by atoms with Gasteiger partial charge in [-0.1, -0.05) is 66.6 Å². The number of benzene rings is 3. The number of nitrogens with one attached hydrogen (secondary N) is 1. The van der Waals surface area contributed by atoms with E-state index < -0.39 is 11.9 Å². The van der Waals surface area contributed by atoms with E-state index in [9.17, 15) is 19.2 Å². The Morgan fingerprint density at radius 2 is 1.63 bits per heavy atom. The summed E-state index contributed by atoms with van der Waals surface area (Å²) < 4.78 is 5.76. The predicted molar refractivity (Wildman–Crippen MR) is 178 cm³/mol. The van der Waals surface area contributed by atoms with Crippen LogP contribution < -0.4 is 10.7 Å². The summed E-state index contributed by atoms with van der Waals surface area (Å²) in [7, 11) is 0. The maximum absolute atomic E-state index is 14.0. The molecule has 0 bridgehead atoms. The molecule has 9 heteroatoms. The van der Waals surface area contributed by atoms with Crippen LogP contribution in [0.2, 0.25) is 5.02 Å². The van der Waals surface area contributed by atoms with Gasteiger partial charge < -0.3 is 19.5 Å². The SMILES string of the molecule is O=C(N[C@H](Cc1ccc(Cl)cc1)C(=O)N1CCC(c2ccccc2CN2CCCCCC2=O)CC1)c1cc(=O)c2ccccc2o1. The average Bonchev–Trinajstić information content (AvgIpc) is 3.28. The number of halogens is 1. The average molecular weight is 640 g/mol. The number of piperidine rings is 1. The van der Waals surface area contributed by atoms with Crippen LogP contribution in [-0.2, 0) is 22.6 Å². The molecule has 2 saturated heterocycles. The lowest BCUT2D eigenvalue weighted by molar-refractivity contribution is -0.134. The highest BCUT2D eigenvalue weighted by Gasteiger charge is 2.32. The lowest BCUT2D eigenvalue weighted by atomic mass is 9.86. The van der Waals surface area contributed by atoms with Crippen LogP contribution in [0.25, 0.3) is 11.0 Å². The fourth-order valence-corrected chi connectivity index (χ4v) is 6.75. The van der Waals surface area contributed by atoms with Crippen LogP contribution in [0.5, 0.6) is 0 Å². The van der Waals surface area contributed by atoms with Crippen molar-refractivity contribution in [2.45, 2.75) is 63.5 Å². The molecule has 2 aliphatic heterocycles. The minimum Gasteiger partial charge on any atom is -0.451 e. The van der Waals surface area contributed by atoms with Gasteiger partial charge in [0.1, 0.15) is 11.6 Å². The van der Waals surface area contributed by atoms with E-state index in [0.717, 1.165) is 44.2 Å². The van der Waals surface area contributed by atoms with Crippen LogP contribution in [-0.4, -0.2) is 53.2 Å². The zero-order chi connectivity index (χ0) is 32.0. The fraction of sp³-hybridized carbons (Fsp3) is 0.351. The first-order chi connectivity index (χ1) is 22.4. The van der Waals surface area contributed by atoms with Crippen molar-refractivity contribution in [1.29, 1.82) is 0 Å². The van der Waals surface area contributed by atoms with E-state index in [-0.39, 0.29) is 35.3 Å². The van der Waals surface area contributed by atoms with Crippen LogP contribution in [0.15, 0.2) is 88.1 Å². The Bertz CT molecular complexity index is 1780. The lowest BCUT2D eigenvalue weighted by Gasteiger charge is -2.35. The second-order valence-electron chi connectivity index (χ2n) is 12.3. The summed E-state index contributed by atoms with van der Waals surface area (Å²) in [6.45, 7) is 2.49. The maximum Gasteiger partial charge on any atom is 0.287 e.